The topological polar surface area (TPSA) is 58.4 Å². The summed E-state index contributed by atoms with van der Waals surface area (Å²) >= 11 is 5.99. The number of amides is 1. The van der Waals surface area contributed by atoms with Crippen molar-refractivity contribution in [1.82, 2.24) is 4.90 Å². The quantitative estimate of drug-likeness (QED) is 0.646. The van der Waals surface area contributed by atoms with Crippen molar-refractivity contribution in [1.29, 1.82) is 0 Å². The molecular weight excluding hydrogens is 262 g/mol. The Hall–Kier alpha value is -1.68. The minimum absolute atomic E-state index is 0.0657. The molecule has 1 aromatic rings. The standard InChI is InChI=1S/C14H18ClN3O/c1-8(2)6-18-7-9(3)17-13-11(14(18)19)4-10(15)5-12(13)16/h4-5,9,17H,1,6-7,16H2,2-3H3/t9-/m0/s1. The maximum Gasteiger partial charge on any atom is 0.256 e. The summed E-state index contributed by atoms with van der Waals surface area (Å²) in [4.78, 5) is 14.3. The first kappa shape index (κ1) is 13.7. The summed E-state index contributed by atoms with van der Waals surface area (Å²) in [7, 11) is 0. The van der Waals surface area contributed by atoms with Gasteiger partial charge in [-0.25, -0.2) is 0 Å². The van der Waals surface area contributed by atoms with Gasteiger partial charge < -0.3 is 16.0 Å². The van der Waals surface area contributed by atoms with Crippen LogP contribution >= 0.6 is 11.6 Å². The molecule has 0 aliphatic carbocycles. The minimum Gasteiger partial charge on any atom is -0.397 e. The summed E-state index contributed by atoms with van der Waals surface area (Å²) in [5.74, 6) is -0.0657. The van der Waals surface area contributed by atoms with Gasteiger partial charge in [0.1, 0.15) is 0 Å². The van der Waals surface area contributed by atoms with Crippen LogP contribution in [0.5, 0.6) is 0 Å². The zero-order chi connectivity index (χ0) is 14.2. The van der Waals surface area contributed by atoms with Gasteiger partial charge in [-0.1, -0.05) is 23.8 Å². The highest BCUT2D eigenvalue weighted by Crippen LogP contribution is 2.31. The molecule has 0 fully saturated rings. The van der Waals surface area contributed by atoms with Crippen molar-refractivity contribution in [2.24, 2.45) is 0 Å². The third-order valence-corrected chi connectivity index (χ3v) is 3.22. The Kier molecular flexibility index (Phi) is 3.71. The smallest absolute Gasteiger partial charge is 0.256 e. The van der Waals surface area contributed by atoms with Gasteiger partial charge in [0.15, 0.2) is 0 Å². The van der Waals surface area contributed by atoms with Crippen LogP contribution in [0.1, 0.15) is 24.2 Å². The zero-order valence-electron chi connectivity index (χ0n) is 11.2. The van der Waals surface area contributed by atoms with E-state index in [-0.39, 0.29) is 11.9 Å². The molecule has 1 heterocycles. The molecule has 1 aliphatic heterocycles. The summed E-state index contributed by atoms with van der Waals surface area (Å²) in [6.45, 7) is 8.93. The molecule has 1 atom stereocenters. The van der Waals surface area contributed by atoms with Crippen LogP contribution in [0, 0.1) is 0 Å². The van der Waals surface area contributed by atoms with Crippen LogP contribution in [-0.2, 0) is 0 Å². The van der Waals surface area contributed by atoms with E-state index in [0.29, 0.717) is 35.1 Å². The Morgan fingerprint density at radius 2 is 2.32 bits per heavy atom. The average molecular weight is 280 g/mol. The van der Waals surface area contributed by atoms with E-state index in [1.807, 2.05) is 13.8 Å². The van der Waals surface area contributed by atoms with E-state index < -0.39 is 0 Å². The van der Waals surface area contributed by atoms with Crippen LogP contribution < -0.4 is 11.1 Å². The van der Waals surface area contributed by atoms with Gasteiger partial charge in [-0.05, 0) is 26.0 Å². The lowest BCUT2D eigenvalue weighted by Crippen LogP contribution is -2.37. The lowest BCUT2D eigenvalue weighted by atomic mass is 10.1. The SMILES string of the molecule is C=C(C)CN1C[C@H](C)Nc2c(N)cc(Cl)cc2C1=O. The maximum atomic E-state index is 12.6. The molecule has 2 rings (SSSR count). The number of carbonyl (C=O) groups excluding carboxylic acids is 1. The van der Waals surface area contributed by atoms with Gasteiger partial charge in [0.25, 0.3) is 5.91 Å². The first-order valence-corrected chi connectivity index (χ1v) is 6.55. The normalized spacial score (nSPS) is 18.6. The number of hydrogen-bond donors (Lipinski definition) is 2. The van der Waals surface area contributed by atoms with Crippen LogP contribution in [-0.4, -0.2) is 29.9 Å². The number of nitrogens with one attached hydrogen (secondary N) is 1. The Labute approximate surface area is 118 Å². The van der Waals surface area contributed by atoms with Crippen molar-refractivity contribution >= 4 is 28.9 Å². The van der Waals surface area contributed by atoms with Gasteiger partial charge in [-0.3, -0.25) is 4.79 Å². The third kappa shape index (κ3) is 2.84. The summed E-state index contributed by atoms with van der Waals surface area (Å²) in [5, 5.41) is 3.74. The van der Waals surface area contributed by atoms with Gasteiger partial charge in [-0.2, -0.15) is 0 Å². The maximum absolute atomic E-state index is 12.6. The van der Waals surface area contributed by atoms with E-state index in [4.69, 9.17) is 17.3 Å². The molecule has 0 bridgehead atoms. The first-order valence-electron chi connectivity index (χ1n) is 6.17. The molecule has 0 saturated heterocycles. The number of fused-ring (bicyclic) bond motifs is 1. The molecular formula is C14H18ClN3O. The van der Waals surface area contributed by atoms with Crippen LogP contribution in [0.15, 0.2) is 24.3 Å². The summed E-state index contributed by atoms with van der Waals surface area (Å²) < 4.78 is 0. The second-order valence-electron chi connectivity index (χ2n) is 5.11. The van der Waals surface area contributed by atoms with E-state index in [1.165, 1.54) is 0 Å². The highest BCUT2D eigenvalue weighted by Gasteiger charge is 2.27. The molecule has 1 aliphatic rings. The number of halogens is 1. The van der Waals surface area contributed by atoms with Crippen LogP contribution in [0.3, 0.4) is 0 Å². The number of benzene rings is 1. The van der Waals surface area contributed by atoms with E-state index in [9.17, 15) is 4.79 Å². The van der Waals surface area contributed by atoms with Crippen LogP contribution in [0.2, 0.25) is 5.02 Å². The molecule has 0 saturated carbocycles. The predicted molar refractivity (Wildman–Crippen MR) is 79.7 cm³/mol. The first-order chi connectivity index (χ1) is 8.88. The lowest BCUT2D eigenvalue weighted by Gasteiger charge is -2.23. The van der Waals surface area contributed by atoms with Gasteiger partial charge in [0.2, 0.25) is 0 Å². The van der Waals surface area contributed by atoms with E-state index in [0.717, 1.165) is 5.57 Å². The molecule has 0 unspecified atom stereocenters. The van der Waals surface area contributed by atoms with Gasteiger partial charge in [0, 0.05) is 24.2 Å². The molecule has 0 spiro atoms. The Morgan fingerprint density at radius 1 is 1.63 bits per heavy atom. The summed E-state index contributed by atoms with van der Waals surface area (Å²) in [5.41, 5.74) is 8.59. The van der Waals surface area contributed by atoms with Crippen LogP contribution in [0.4, 0.5) is 11.4 Å². The average Bonchev–Trinajstić information content (AvgIpc) is 2.39. The number of carbonyl (C=O) groups is 1. The molecule has 3 N–H and O–H groups in total. The molecule has 19 heavy (non-hydrogen) atoms. The largest absolute Gasteiger partial charge is 0.397 e. The predicted octanol–water partition coefficient (Wildman–Crippen LogP) is 2.75. The van der Waals surface area contributed by atoms with Crippen molar-refractivity contribution in [2.45, 2.75) is 19.9 Å². The summed E-state index contributed by atoms with van der Waals surface area (Å²) in [6, 6.07) is 3.43. The fourth-order valence-corrected chi connectivity index (χ4v) is 2.52. The molecule has 0 radical (unpaired) electrons. The second kappa shape index (κ2) is 5.13. The molecule has 102 valence electrons. The molecule has 1 aromatic carbocycles. The number of anilines is 2. The number of rotatable bonds is 2. The van der Waals surface area contributed by atoms with Gasteiger partial charge in [0.05, 0.1) is 16.9 Å². The highest BCUT2D eigenvalue weighted by molar-refractivity contribution is 6.31. The van der Waals surface area contributed by atoms with E-state index in [1.54, 1.807) is 17.0 Å². The third-order valence-electron chi connectivity index (χ3n) is 3.00. The molecule has 4 nitrogen and oxygen atoms in total. The fraction of sp³-hybridized carbons (Fsp3) is 0.357. The van der Waals surface area contributed by atoms with Crippen molar-refractivity contribution in [3.05, 3.63) is 34.9 Å². The zero-order valence-corrected chi connectivity index (χ0v) is 11.9. The van der Waals surface area contributed by atoms with E-state index in [2.05, 4.69) is 11.9 Å². The number of hydrogen-bond acceptors (Lipinski definition) is 3. The Morgan fingerprint density at radius 3 is 2.95 bits per heavy atom. The number of nitrogens with two attached hydrogens (primary N) is 1. The molecule has 0 aromatic heterocycles. The monoisotopic (exact) mass is 279 g/mol. The molecule has 1 amide bonds. The second-order valence-corrected chi connectivity index (χ2v) is 5.54. The highest BCUT2D eigenvalue weighted by atomic mass is 35.5. The number of nitrogens with zero attached hydrogens (tertiary/aromatic N) is 1. The molecule has 5 heteroatoms. The van der Waals surface area contributed by atoms with Crippen LogP contribution in [0.25, 0.3) is 0 Å². The minimum atomic E-state index is -0.0657. The van der Waals surface area contributed by atoms with Crippen molar-refractivity contribution < 1.29 is 4.79 Å². The van der Waals surface area contributed by atoms with Crippen molar-refractivity contribution in [3.63, 3.8) is 0 Å². The van der Waals surface area contributed by atoms with Crippen molar-refractivity contribution in [3.8, 4) is 0 Å². The van der Waals surface area contributed by atoms with E-state index >= 15 is 0 Å². The lowest BCUT2D eigenvalue weighted by molar-refractivity contribution is 0.0772. The Bertz CT molecular complexity index is 542. The fourth-order valence-electron chi connectivity index (χ4n) is 2.30. The number of nitrogen functional groups attached to an aromatic ring is 1. The van der Waals surface area contributed by atoms with Crippen molar-refractivity contribution in [2.75, 3.05) is 24.1 Å². The summed E-state index contributed by atoms with van der Waals surface area (Å²) in [6.07, 6.45) is 0. The Balaban J connectivity index is 2.48. The van der Waals surface area contributed by atoms with Gasteiger partial charge in [-0.15, -0.1) is 0 Å². The van der Waals surface area contributed by atoms with Gasteiger partial charge >= 0.3 is 0 Å².